The molecule has 1 aliphatic rings. The number of sulfonamides is 1. The van der Waals surface area contributed by atoms with Crippen LogP contribution in [0.25, 0.3) is 0 Å². The second kappa shape index (κ2) is 5.60. The maximum Gasteiger partial charge on any atom is 0.246 e. The quantitative estimate of drug-likeness (QED) is 0.844. The van der Waals surface area contributed by atoms with Gasteiger partial charge in [0.25, 0.3) is 0 Å². The van der Waals surface area contributed by atoms with Crippen LogP contribution in [0.1, 0.15) is 37.1 Å². The zero-order chi connectivity index (χ0) is 14.0. The average molecular weight is 287 g/mol. The fraction of sp³-hybridized carbons (Fsp3) is 0.750. The molecule has 0 amide bonds. The predicted molar refractivity (Wildman–Crippen MR) is 71.3 cm³/mol. The SMILES string of the molecule is Cc1n[nH]c(C)c1S(=O)(=O)N1CCCC1CCCO. The molecule has 0 radical (unpaired) electrons. The van der Waals surface area contributed by atoms with E-state index in [1.54, 1.807) is 18.2 Å². The molecule has 1 aliphatic heterocycles. The lowest BCUT2D eigenvalue weighted by Gasteiger charge is -2.24. The van der Waals surface area contributed by atoms with Crippen molar-refractivity contribution in [3.05, 3.63) is 11.4 Å². The van der Waals surface area contributed by atoms with Crippen molar-refractivity contribution in [3.8, 4) is 0 Å². The second-order valence-corrected chi connectivity index (χ2v) is 6.87. The van der Waals surface area contributed by atoms with Crippen LogP contribution in [0, 0.1) is 13.8 Å². The fourth-order valence-electron chi connectivity index (χ4n) is 2.78. The fourth-order valence-corrected chi connectivity index (χ4v) is 4.84. The number of hydrogen-bond acceptors (Lipinski definition) is 4. The molecule has 0 saturated carbocycles. The summed E-state index contributed by atoms with van der Waals surface area (Å²) >= 11 is 0. The third-order valence-corrected chi connectivity index (χ3v) is 5.86. The molecule has 2 heterocycles. The number of aromatic amines is 1. The number of nitrogens with one attached hydrogen (secondary N) is 1. The molecule has 108 valence electrons. The molecule has 2 rings (SSSR count). The van der Waals surface area contributed by atoms with Crippen LogP contribution < -0.4 is 0 Å². The van der Waals surface area contributed by atoms with Crippen LogP contribution in [-0.4, -0.2) is 47.2 Å². The molecule has 0 aliphatic carbocycles. The van der Waals surface area contributed by atoms with Gasteiger partial charge in [0, 0.05) is 19.2 Å². The summed E-state index contributed by atoms with van der Waals surface area (Å²) < 4.78 is 27.0. The van der Waals surface area contributed by atoms with E-state index in [4.69, 9.17) is 5.11 Å². The zero-order valence-corrected chi connectivity index (χ0v) is 12.2. The van der Waals surface area contributed by atoms with Gasteiger partial charge in [0.1, 0.15) is 4.90 Å². The van der Waals surface area contributed by atoms with Gasteiger partial charge in [0.2, 0.25) is 10.0 Å². The Kier molecular flexibility index (Phi) is 4.27. The van der Waals surface area contributed by atoms with Gasteiger partial charge in [0.15, 0.2) is 0 Å². The highest BCUT2D eigenvalue weighted by Crippen LogP contribution is 2.30. The first-order chi connectivity index (χ1) is 8.98. The Bertz CT molecular complexity index is 519. The van der Waals surface area contributed by atoms with Crippen LogP contribution in [0.15, 0.2) is 4.90 Å². The number of aryl methyl sites for hydroxylation is 2. The largest absolute Gasteiger partial charge is 0.396 e. The van der Waals surface area contributed by atoms with Crippen molar-refractivity contribution in [1.29, 1.82) is 0 Å². The monoisotopic (exact) mass is 287 g/mol. The lowest BCUT2D eigenvalue weighted by molar-refractivity contribution is 0.264. The van der Waals surface area contributed by atoms with Crippen molar-refractivity contribution >= 4 is 10.0 Å². The highest BCUT2D eigenvalue weighted by molar-refractivity contribution is 7.89. The normalized spacial score (nSPS) is 21.1. The molecule has 1 saturated heterocycles. The van der Waals surface area contributed by atoms with Crippen LogP contribution in [0.4, 0.5) is 0 Å². The van der Waals surface area contributed by atoms with Crippen LogP contribution in [0.2, 0.25) is 0 Å². The minimum atomic E-state index is -3.48. The molecule has 0 spiro atoms. The van der Waals surface area contributed by atoms with Crippen molar-refractivity contribution < 1.29 is 13.5 Å². The van der Waals surface area contributed by atoms with Gasteiger partial charge in [-0.05, 0) is 39.5 Å². The highest BCUT2D eigenvalue weighted by atomic mass is 32.2. The number of rotatable bonds is 5. The van der Waals surface area contributed by atoms with Gasteiger partial charge in [-0.3, -0.25) is 5.10 Å². The van der Waals surface area contributed by atoms with Gasteiger partial charge in [-0.1, -0.05) is 0 Å². The Balaban J connectivity index is 2.29. The topological polar surface area (TPSA) is 86.3 Å². The van der Waals surface area contributed by atoms with Crippen LogP contribution in [-0.2, 0) is 10.0 Å². The molecule has 7 heteroatoms. The molecule has 1 aromatic heterocycles. The van der Waals surface area contributed by atoms with Crippen LogP contribution in [0.5, 0.6) is 0 Å². The second-order valence-electron chi connectivity index (χ2n) is 5.04. The van der Waals surface area contributed by atoms with E-state index >= 15 is 0 Å². The van der Waals surface area contributed by atoms with E-state index in [9.17, 15) is 8.42 Å². The summed E-state index contributed by atoms with van der Waals surface area (Å²) in [4.78, 5) is 0.309. The van der Waals surface area contributed by atoms with Gasteiger partial charge >= 0.3 is 0 Å². The van der Waals surface area contributed by atoms with E-state index < -0.39 is 10.0 Å². The molecule has 1 unspecified atom stereocenters. The standard InChI is InChI=1S/C12H21N3O3S/c1-9-12(10(2)14-13-9)19(17,18)15-7-3-5-11(15)6-4-8-16/h11,16H,3-8H2,1-2H3,(H,13,14). The summed E-state index contributed by atoms with van der Waals surface area (Å²) in [6, 6.07) is 0.00542. The van der Waals surface area contributed by atoms with Gasteiger partial charge < -0.3 is 5.11 Å². The van der Waals surface area contributed by atoms with E-state index in [-0.39, 0.29) is 12.6 Å². The Morgan fingerprint density at radius 1 is 1.47 bits per heavy atom. The molecular weight excluding hydrogens is 266 g/mol. The summed E-state index contributed by atoms with van der Waals surface area (Å²) in [6.45, 7) is 4.09. The molecule has 0 bridgehead atoms. The van der Waals surface area contributed by atoms with E-state index in [2.05, 4.69) is 10.2 Å². The highest BCUT2D eigenvalue weighted by Gasteiger charge is 2.37. The minimum Gasteiger partial charge on any atom is -0.396 e. The van der Waals surface area contributed by atoms with Crippen molar-refractivity contribution in [2.45, 2.75) is 50.5 Å². The molecule has 0 aromatic carbocycles. The molecule has 2 N–H and O–H groups in total. The average Bonchev–Trinajstić information content (AvgIpc) is 2.94. The molecule has 1 aromatic rings. The number of aliphatic hydroxyl groups is 1. The van der Waals surface area contributed by atoms with Gasteiger partial charge in [0.05, 0.1) is 11.4 Å². The lowest BCUT2D eigenvalue weighted by Crippen LogP contribution is -2.36. The van der Waals surface area contributed by atoms with Crippen LogP contribution in [0.3, 0.4) is 0 Å². The number of aliphatic hydroxyl groups excluding tert-OH is 1. The summed E-state index contributed by atoms with van der Waals surface area (Å²) in [6.07, 6.45) is 3.10. The first-order valence-electron chi connectivity index (χ1n) is 6.62. The lowest BCUT2D eigenvalue weighted by atomic mass is 10.1. The summed E-state index contributed by atoms with van der Waals surface area (Å²) in [5.41, 5.74) is 1.11. The molecular formula is C12H21N3O3S. The third-order valence-electron chi connectivity index (χ3n) is 3.65. The van der Waals surface area contributed by atoms with E-state index in [0.717, 1.165) is 12.8 Å². The van der Waals surface area contributed by atoms with E-state index in [0.29, 0.717) is 35.7 Å². The van der Waals surface area contributed by atoms with Crippen molar-refractivity contribution in [3.63, 3.8) is 0 Å². The van der Waals surface area contributed by atoms with Crippen molar-refractivity contribution in [1.82, 2.24) is 14.5 Å². The van der Waals surface area contributed by atoms with Gasteiger partial charge in [-0.2, -0.15) is 9.40 Å². The number of nitrogens with zero attached hydrogens (tertiary/aromatic N) is 2. The van der Waals surface area contributed by atoms with Crippen LogP contribution >= 0.6 is 0 Å². The first-order valence-corrected chi connectivity index (χ1v) is 8.06. The molecule has 1 fully saturated rings. The predicted octanol–water partition coefficient (Wildman–Crippen LogP) is 0.952. The molecule has 1 atom stereocenters. The molecule has 19 heavy (non-hydrogen) atoms. The zero-order valence-electron chi connectivity index (χ0n) is 11.4. The minimum absolute atomic E-state index is 0.00542. The maximum atomic E-state index is 12.7. The summed E-state index contributed by atoms with van der Waals surface area (Å²) in [7, 11) is -3.48. The Morgan fingerprint density at radius 2 is 2.21 bits per heavy atom. The van der Waals surface area contributed by atoms with E-state index in [1.165, 1.54) is 0 Å². The Labute approximate surface area is 113 Å². The number of hydrogen-bond donors (Lipinski definition) is 2. The number of aromatic nitrogens is 2. The van der Waals surface area contributed by atoms with Gasteiger partial charge in [-0.25, -0.2) is 8.42 Å². The number of H-pyrrole nitrogens is 1. The van der Waals surface area contributed by atoms with Crippen molar-refractivity contribution in [2.24, 2.45) is 0 Å². The summed E-state index contributed by atoms with van der Waals surface area (Å²) in [5, 5.41) is 15.6. The maximum absolute atomic E-state index is 12.7. The van der Waals surface area contributed by atoms with E-state index in [1.807, 2.05) is 0 Å². The third kappa shape index (κ3) is 2.68. The van der Waals surface area contributed by atoms with Gasteiger partial charge in [-0.15, -0.1) is 0 Å². The Hall–Kier alpha value is -0.920. The van der Waals surface area contributed by atoms with Crippen molar-refractivity contribution in [2.75, 3.05) is 13.2 Å². The Morgan fingerprint density at radius 3 is 2.79 bits per heavy atom. The smallest absolute Gasteiger partial charge is 0.246 e. The first kappa shape index (κ1) is 14.5. The molecule has 6 nitrogen and oxygen atoms in total. The summed E-state index contributed by atoms with van der Waals surface area (Å²) in [5.74, 6) is 0.